The number of likely N-dealkylation sites (tertiary alicyclic amines) is 1. The molecule has 5 nitrogen and oxygen atoms in total. The van der Waals surface area contributed by atoms with Crippen LogP contribution >= 0.6 is 0 Å². The SMILES string of the molecule is COc1ccc(CN(C)[C@@H](C(=O)N2CCCC2)c2ccccc2)cc1OC. The first-order valence-electron chi connectivity index (χ1n) is 9.39. The van der Waals surface area contributed by atoms with Crippen LogP contribution in [0.3, 0.4) is 0 Å². The molecule has 2 aromatic rings. The zero-order chi connectivity index (χ0) is 19.2. The van der Waals surface area contributed by atoms with Gasteiger partial charge in [-0.1, -0.05) is 36.4 Å². The number of nitrogens with zero attached hydrogens (tertiary/aromatic N) is 2. The van der Waals surface area contributed by atoms with Crippen molar-refractivity contribution in [3.05, 3.63) is 59.7 Å². The third kappa shape index (κ3) is 4.42. The van der Waals surface area contributed by atoms with E-state index >= 15 is 0 Å². The van der Waals surface area contributed by atoms with Gasteiger partial charge >= 0.3 is 0 Å². The summed E-state index contributed by atoms with van der Waals surface area (Å²) >= 11 is 0. The summed E-state index contributed by atoms with van der Waals surface area (Å²) < 4.78 is 10.7. The van der Waals surface area contributed by atoms with E-state index in [1.165, 1.54) is 0 Å². The molecule has 27 heavy (non-hydrogen) atoms. The van der Waals surface area contributed by atoms with Crippen molar-refractivity contribution in [2.75, 3.05) is 34.4 Å². The molecule has 1 amide bonds. The zero-order valence-corrected chi connectivity index (χ0v) is 16.4. The lowest BCUT2D eigenvalue weighted by Gasteiger charge is -2.31. The average Bonchev–Trinajstić information content (AvgIpc) is 3.23. The maximum Gasteiger partial charge on any atom is 0.244 e. The molecule has 5 heteroatoms. The van der Waals surface area contributed by atoms with Crippen molar-refractivity contribution in [1.29, 1.82) is 0 Å². The molecule has 1 fully saturated rings. The summed E-state index contributed by atoms with van der Waals surface area (Å²) in [5.74, 6) is 1.59. The molecule has 0 spiro atoms. The van der Waals surface area contributed by atoms with E-state index in [0.29, 0.717) is 18.0 Å². The first-order valence-corrected chi connectivity index (χ1v) is 9.39. The van der Waals surface area contributed by atoms with E-state index in [1.807, 2.05) is 60.5 Å². The Kier molecular flexibility index (Phi) is 6.35. The topological polar surface area (TPSA) is 42.0 Å². The standard InChI is InChI=1S/C22H28N2O3/c1-23(16-17-11-12-19(26-2)20(15-17)27-3)21(18-9-5-4-6-10-18)22(25)24-13-7-8-14-24/h4-6,9-12,15,21H,7-8,13-14,16H2,1-3H3/t21-/m1/s1. The molecule has 0 unspecified atom stereocenters. The molecule has 1 saturated heterocycles. The van der Waals surface area contributed by atoms with E-state index < -0.39 is 0 Å². The van der Waals surface area contributed by atoms with E-state index in [0.717, 1.165) is 37.1 Å². The van der Waals surface area contributed by atoms with Crippen LogP contribution in [0, 0.1) is 0 Å². The fraction of sp³-hybridized carbons (Fsp3) is 0.409. The first kappa shape index (κ1) is 19.2. The molecule has 0 radical (unpaired) electrons. The number of hydrogen-bond acceptors (Lipinski definition) is 4. The molecule has 1 heterocycles. The largest absolute Gasteiger partial charge is 0.493 e. The van der Waals surface area contributed by atoms with Crippen LogP contribution in [-0.2, 0) is 11.3 Å². The summed E-state index contributed by atoms with van der Waals surface area (Å²) in [7, 11) is 5.27. The quantitative estimate of drug-likeness (QED) is 0.750. The Morgan fingerprint density at radius 2 is 1.70 bits per heavy atom. The van der Waals surface area contributed by atoms with Gasteiger partial charge in [0.15, 0.2) is 11.5 Å². The van der Waals surface area contributed by atoms with E-state index in [9.17, 15) is 4.79 Å². The maximum absolute atomic E-state index is 13.2. The number of carbonyl (C=O) groups is 1. The molecule has 0 aromatic heterocycles. The lowest BCUT2D eigenvalue weighted by atomic mass is 10.0. The van der Waals surface area contributed by atoms with E-state index in [-0.39, 0.29) is 11.9 Å². The summed E-state index contributed by atoms with van der Waals surface area (Å²) in [5, 5.41) is 0. The second kappa shape index (κ2) is 8.91. The number of likely N-dealkylation sites (N-methyl/N-ethyl adjacent to an activating group) is 1. The van der Waals surface area contributed by atoms with Crippen molar-refractivity contribution >= 4 is 5.91 Å². The number of methoxy groups -OCH3 is 2. The molecule has 0 saturated carbocycles. The van der Waals surface area contributed by atoms with Gasteiger partial charge in [0.05, 0.1) is 14.2 Å². The summed E-state index contributed by atoms with van der Waals surface area (Å²) in [6.45, 7) is 2.35. The van der Waals surface area contributed by atoms with Crippen molar-refractivity contribution in [3.8, 4) is 11.5 Å². The van der Waals surface area contributed by atoms with Crippen molar-refractivity contribution in [2.24, 2.45) is 0 Å². The van der Waals surface area contributed by atoms with Crippen molar-refractivity contribution in [3.63, 3.8) is 0 Å². The van der Waals surface area contributed by atoms with Gasteiger partial charge in [0.2, 0.25) is 5.91 Å². The Hall–Kier alpha value is -2.53. The number of ether oxygens (including phenoxy) is 2. The molecule has 3 rings (SSSR count). The predicted molar refractivity (Wildman–Crippen MR) is 106 cm³/mol. The molecule has 0 bridgehead atoms. The van der Waals surface area contributed by atoms with Gasteiger partial charge in [-0.05, 0) is 43.1 Å². The summed E-state index contributed by atoms with van der Waals surface area (Å²) in [6.07, 6.45) is 2.18. The maximum atomic E-state index is 13.2. The fourth-order valence-electron chi connectivity index (χ4n) is 3.69. The summed E-state index contributed by atoms with van der Waals surface area (Å²) in [4.78, 5) is 17.3. The molecule has 0 aliphatic carbocycles. The second-order valence-electron chi connectivity index (χ2n) is 6.95. The van der Waals surface area contributed by atoms with Gasteiger partial charge in [0.25, 0.3) is 0 Å². The Morgan fingerprint density at radius 3 is 2.33 bits per heavy atom. The minimum atomic E-state index is -0.294. The number of rotatable bonds is 7. The van der Waals surface area contributed by atoms with Crippen LogP contribution in [0.5, 0.6) is 11.5 Å². The van der Waals surface area contributed by atoms with Gasteiger partial charge < -0.3 is 14.4 Å². The van der Waals surface area contributed by atoms with E-state index in [4.69, 9.17) is 9.47 Å². The van der Waals surface area contributed by atoms with Crippen LogP contribution in [0.4, 0.5) is 0 Å². The smallest absolute Gasteiger partial charge is 0.244 e. The van der Waals surface area contributed by atoms with E-state index in [2.05, 4.69) is 4.90 Å². The molecule has 0 N–H and O–H groups in total. The normalized spacial score (nSPS) is 15.0. The van der Waals surface area contributed by atoms with Crippen LogP contribution in [0.1, 0.15) is 30.0 Å². The van der Waals surface area contributed by atoms with Gasteiger partial charge in [0.1, 0.15) is 6.04 Å². The van der Waals surface area contributed by atoms with Crippen LogP contribution in [-0.4, -0.2) is 50.1 Å². The van der Waals surface area contributed by atoms with Crippen LogP contribution < -0.4 is 9.47 Å². The predicted octanol–water partition coefficient (Wildman–Crippen LogP) is 3.50. The molecule has 2 aromatic carbocycles. The third-order valence-corrected chi connectivity index (χ3v) is 5.09. The van der Waals surface area contributed by atoms with Gasteiger partial charge in [-0.25, -0.2) is 0 Å². The van der Waals surface area contributed by atoms with Crippen LogP contribution in [0.2, 0.25) is 0 Å². The van der Waals surface area contributed by atoms with Crippen molar-refractivity contribution in [1.82, 2.24) is 9.80 Å². The molecule has 1 atom stereocenters. The van der Waals surface area contributed by atoms with Crippen LogP contribution in [0.25, 0.3) is 0 Å². The van der Waals surface area contributed by atoms with Crippen LogP contribution in [0.15, 0.2) is 48.5 Å². The van der Waals surface area contributed by atoms with Gasteiger partial charge in [-0.2, -0.15) is 0 Å². The lowest BCUT2D eigenvalue weighted by molar-refractivity contribution is -0.136. The Balaban J connectivity index is 1.84. The first-order chi connectivity index (χ1) is 13.1. The highest BCUT2D eigenvalue weighted by Gasteiger charge is 2.30. The minimum Gasteiger partial charge on any atom is -0.493 e. The number of benzene rings is 2. The number of carbonyl (C=O) groups excluding carboxylic acids is 1. The lowest BCUT2D eigenvalue weighted by Crippen LogP contribution is -2.40. The highest BCUT2D eigenvalue weighted by atomic mass is 16.5. The van der Waals surface area contributed by atoms with Gasteiger partial charge in [0, 0.05) is 19.6 Å². The van der Waals surface area contributed by atoms with Crippen molar-refractivity contribution < 1.29 is 14.3 Å². The fourth-order valence-corrected chi connectivity index (χ4v) is 3.69. The number of amides is 1. The summed E-state index contributed by atoms with van der Waals surface area (Å²) in [6, 6.07) is 15.6. The van der Waals surface area contributed by atoms with Gasteiger partial charge in [-0.15, -0.1) is 0 Å². The molecular formula is C22H28N2O3. The molecule has 144 valence electrons. The van der Waals surface area contributed by atoms with Gasteiger partial charge in [-0.3, -0.25) is 9.69 Å². The minimum absolute atomic E-state index is 0.182. The molecule has 1 aliphatic rings. The number of hydrogen-bond donors (Lipinski definition) is 0. The highest BCUT2D eigenvalue weighted by molar-refractivity contribution is 5.83. The molecular weight excluding hydrogens is 340 g/mol. The summed E-state index contributed by atoms with van der Waals surface area (Å²) in [5.41, 5.74) is 2.10. The molecule has 1 aliphatic heterocycles. The monoisotopic (exact) mass is 368 g/mol. The zero-order valence-electron chi connectivity index (χ0n) is 16.4. The van der Waals surface area contributed by atoms with E-state index in [1.54, 1.807) is 14.2 Å². The third-order valence-electron chi connectivity index (χ3n) is 5.09. The average molecular weight is 368 g/mol. The Labute approximate surface area is 161 Å². The highest BCUT2D eigenvalue weighted by Crippen LogP contribution is 2.30. The Morgan fingerprint density at radius 1 is 1.04 bits per heavy atom. The van der Waals surface area contributed by atoms with Crippen molar-refractivity contribution in [2.45, 2.75) is 25.4 Å². The Bertz CT molecular complexity index is 757. The second-order valence-corrected chi connectivity index (χ2v) is 6.95.